The number of carbonyl (C=O) groups excluding carboxylic acids is 1. The number of carbonyl (C=O) groups is 1. The molecule has 0 aromatic heterocycles. The predicted molar refractivity (Wildman–Crippen MR) is 72.4 cm³/mol. The highest BCUT2D eigenvalue weighted by atomic mass is 16.5. The third-order valence-electron chi connectivity index (χ3n) is 2.85. The Labute approximate surface area is 113 Å². The molecule has 0 spiro atoms. The summed E-state index contributed by atoms with van der Waals surface area (Å²) in [5.41, 5.74) is 0.477. The smallest absolute Gasteiger partial charge is 0.180 e. The van der Waals surface area contributed by atoms with Crippen molar-refractivity contribution < 1.29 is 14.3 Å². The lowest BCUT2D eigenvalue weighted by atomic mass is 9.91. The Morgan fingerprint density at radius 3 is 2.37 bits per heavy atom. The molecule has 1 aromatic carbocycles. The van der Waals surface area contributed by atoms with Crippen LogP contribution in [0.15, 0.2) is 18.2 Å². The van der Waals surface area contributed by atoms with E-state index in [2.05, 4.69) is 6.07 Å². The maximum Gasteiger partial charge on any atom is 0.180 e. The van der Waals surface area contributed by atoms with Crippen LogP contribution in [-0.4, -0.2) is 20.0 Å². The monoisotopic (exact) mass is 261 g/mol. The van der Waals surface area contributed by atoms with E-state index in [0.29, 0.717) is 29.4 Å². The zero-order chi connectivity index (χ0) is 14.4. The van der Waals surface area contributed by atoms with Gasteiger partial charge in [0.1, 0.15) is 5.92 Å². The van der Waals surface area contributed by atoms with Gasteiger partial charge in [-0.2, -0.15) is 5.26 Å². The molecule has 1 aromatic rings. The van der Waals surface area contributed by atoms with E-state index in [-0.39, 0.29) is 5.78 Å². The molecular weight excluding hydrogens is 242 g/mol. The Morgan fingerprint density at radius 1 is 1.26 bits per heavy atom. The lowest BCUT2D eigenvalue weighted by Gasteiger charge is -2.12. The van der Waals surface area contributed by atoms with Gasteiger partial charge in [0.2, 0.25) is 0 Å². The number of methoxy groups -OCH3 is 2. The number of ether oxygens (including phenoxy) is 2. The summed E-state index contributed by atoms with van der Waals surface area (Å²) in [6, 6.07) is 7.03. The van der Waals surface area contributed by atoms with Gasteiger partial charge >= 0.3 is 0 Å². The van der Waals surface area contributed by atoms with Crippen LogP contribution < -0.4 is 9.47 Å². The van der Waals surface area contributed by atoms with Crippen molar-refractivity contribution in [2.45, 2.75) is 20.3 Å². The van der Waals surface area contributed by atoms with Crippen molar-refractivity contribution in [3.05, 3.63) is 23.8 Å². The van der Waals surface area contributed by atoms with Crippen LogP contribution in [-0.2, 0) is 0 Å². The van der Waals surface area contributed by atoms with Crippen LogP contribution in [0.5, 0.6) is 11.5 Å². The quantitative estimate of drug-likeness (QED) is 0.738. The molecule has 0 saturated heterocycles. The third-order valence-corrected chi connectivity index (χ3v) is 2.85. The topological polar surface area (TPSA) is 59.3 Å². The standard InChI is InChI=1S/C15H19NO3/c1-10(2)7-12(9-16)15(17)11-5-6-13(18-3)14(8-11)19-4/h5-6,8,10,12H,7H2,1-4H3. The molecule has 1 atom stereocenters. The molecule has 0 heterocycles. The van der Waals surface area contributed by atoms with Crippen molar-refractivity contribution in [3.63, 3.8) is 0 Å². The van der Waals surface area contributed by atoms with Crippen LogP contribution in [0.2, 0.25) is 0 Å². The molecule has 0 aliphatic heterocycles. The maximum absolute atomic E-state index is 12.3. The first-order valence-corrected chi connectivity index (χ1v) is 6.19. The van der Waals surface area contributed by atoms with E-state index in [9.17, 15) is 4.79 Å². The van der Waals surface area contributed by atoms with Crippen LogP contribution in [0.1, 0.15) is 30.6 Å². The Balaban J connectivity index is 3.02. The van der Waals surface area contributed by atoms with Crippen LogP contribution in [0, 0.1) is 23.2 Å². The molecular formula is C15H19NO3. The SMILES string of the molecule is COc1ccc(C(=O)C(C#N)CC(C)C)cc1OC. The van der Waals surface area contributed by atoms with Gasteiger partial charge in [0, 0.05) is 5.56 Å². The zero-order valence-electron chi connectivity index (χ0n) is 11.8. The van der Waals surface area contributed by atoms with Gasteiger partial charge in [-0.25, -0.2) is 0 Å². The molecule has 0 aliphatic carbocycles. The minimum atomic E-state index is -0.613. The molecule has 4 nitrogen and oxygen atoms in total. The van der Waals surface area contributed by atoms with E-state index < -0.39 is 5.92 Å². The van der Waals surface area contributed by atoms with Gasteiger partial charge < -0.3 is 9.47 Å². The second-order valence-electron chi connectivity index (χ2n) is 4.75. The lowest BCUT2D eigenvalue weighted by molar-refractivity contribution is 0.0936. The van der Waals surface area contributed by atoms with Crippen LogP contribution in [0.3, 0.4) is 0 Å². The fourth-order valence-electron chi connectivity index (χ4n) is 1.88. The summed E-state index contributed by atoms with van der Waals surface area (Å²) in [6.45, 7) is 3.98. The summed E-state index contributed by atoms with van der Waals surface area (Å²) in [6.07, 6.45) is 0.559. The van der Waals surface area contributed by atoms with Crippen molar-refractivity contribution >= 4 is 5.78 Å². The van der Waals surface area contributed by atoms with Crippen LogP contribution in [0.25, 0.3) is 0 Å². The van der Waals surface area contributed by atoms with E-state index in [1.54, 1.807) is 18.2 Å². The van der Waals surface area contributed by atoms with Crippen molar-refractivity contribution in [1.82, 2.24) is 0 Å². The molecule has 4 heteroatoms. The van der Waals surface area contributed by atoms with E-state index in [4.69, 9.17) is 14.7 Å². The first-order valence-electron chi connectivity index (χ1n) is 6.19. The van der Waals surface area contributed by atoms with Crippen molar-refractivity contribution in [2.75, 3.05) is 14.2 Å². The average Bonchev–Trinajstić information content (AvgIpc) is 2.42. The third kappa shape index (κ3) is 3.72. The predicted octanol–water partition coefficient (Wildman–Crippen LogP) is 3.07. The number of ketones is 1. The fourth-order valence-corrected chi connectivity index (χ4v) is 1.88. The second-order valence-corrected chi connectivity index (χ2v) is 4.75. The summed E-state index contributed by atoms with van der Waals surface area (Å²) in [4.78, 5) is 12.3. The van der Waals surface area contributed by atoms with Gasteiger partial charge in [0.15, 0.2) is 17.3 Å². The van der Waals surface area contributed by atoms with Crippen LogP contribution >= 0.6 is 0 Å². The summed E-state index contributed by atoms with van der Waals surface area (Å²) in [5.74, 6) is 0.579. The summed E-state index contributed by atoms with van der Waals surface area (Å²) >= 11 is 0. The number of hydrogen-bond donors (Lipinski definition) is 0. The number of hydrogen-bond acceptors (Lipinski definition) is 4. The van der Waals surface area contributed by atoms with Gasteiger partial charge in [-0.3, -0.25) is 4.79 Å². The molecule has 0 aliphatic rings. The normalized spacial score (nSPS) is 11.8. The lowest BCUT2D eigenvalue weighted by Crippen LogP contribution is -2.15. The zero-order valence-corrected chi connectivity index (χ0v) is 11.8. The molecule has 19 heavy (non-hydrogen) atoms. The highest BCUT2D eigenvalue weighted by Crippen LogP contribution is 2.29. The molecule has 1 rings (SSSR count). The van der Waals surface area contributed by atoms with Gasteiger partial charge in [-0.15, -0.1) is 0 Å². The molecule has 0 fully saturated rings. The van der Waals surface area contributed by atoms with Gasteiger partial charge in [-0.05, 0) is 30.5 Å². The average molecular weight is 261 g/mol. The Morgan fingerprint density at radius 2 is 1.89 bits per heavy atom. The minimum absolute atomic E-state index is 0.169. The van der Waals surface area contributed by atoms with Crippen molar-refractivity contribution in [2.24, 2.45) is 11.8 Å². The molecule has 0 bridgehead atoms. The first-order chi connectivity index (χ1) is 9.03. The van der Waals surface area contributed by atoms with E-state index in [1.165, 1.54) is 14.2 Å². The highest BCUT2D eigenvalue weighted by Gasteiger charge is 2.22. The Bertz CT molecular complexity index is 489. The van der Waals surface area contributed by atoms with Crippen LogP contribution in [0.4, 0.5) is 0 Å². The number of nitrogens with zero attached hydrogens (tertiary/aromatic N) is 1. The number of benzene rings is 1. The summed E-state index contributed by atoms with van der Waals surface area (Å²) in [7, 11) is 3.05. The Kier molecular flexibility index (Phi) is 5.37. The number of Topliss-reactive ketones (excluding diaryl/α,β-unsaturated/α-hetero) is 1. The summed E-state index contributed by atoms with van der Waals surface area (Å²) in [5, 5.41) is 9.11. The largest absolute Gasteiger partial charge is 0.493 e. The Hall–Kier alpha value is -2.02. The van der Waals surface area contributed by atoms with Crippen molar-refractivity contribution in [3.8, 4) is 17.6 Å². The minimum Gasteiger partial charge on any atom is -0.493 e. The van der Waals surface area contributed by atoms with E-state index >= 15 is 0 Å². The van der Waals surface area contributed by atoms with Gasteiger partial charge in [0.25, 0.3) is 0 Å². The van der Waals surface area contributed by atoms with Gasteiger partial charge in [-0.1, -0.05) is 13.8 Å². The highest BCUT2D eigenvalue weighted by molar-refractivity contribution is 5.99. The fraction of sp³-hybridized carbons (Fsp3) is 0.467. The summed E-state index contributed by atoms with van der Waals surface area (Å²) < 4.78 is 10.3. The molecule has 0 radical (unpaired) electrons. The first kappa shape index (κ1) is 15.0. The molecule has 0 N–H and O–H groups in total. The number of rotatable bonds is 6. The van der Waals surface area contributed by atoms with E-state index in [0.717, 1.165) is 0 Å². The number of nitriles is 1. The van der Waals surface area contributed by atoms with Gasteiger partial charge in [0.05, 0.1) is 20.3 Å². The molecule has 102 valence electrons. The molecule has 1 unspecified atom stereocenters. The molecule has 0 amide bonds. The van der Waals surface area contributed by atoms with Crippen molar-refractivity contribution in [1.29, 1.82) is 5.26 Å². The maximum atomic E-state index is 12.3. The van der Waals surface area contributed by atoms with E-state index in [1.807, 2.05) is 13.8 Å². The second kappa shape index (κ2) is 6.79. The molecule has 0 saturated carbocycles.